The molecule has 0 aliphatic carbocycles. The van der Waals surface area contributed by atoms with E-state index >= 15 is 0 Å². The van der Waals surface area contributed by atoms with Crippen LogP contribution in [0.25, 0.3) is 11.4 Å². The van der Waals surface area contributed by atoms with Gasteiger partial charge in [0.05, 0.1) is 17.9 Å². The van der Waals surface area contributed by atoms with Crippen LogP contribution in [-0.4, -0.2) is 15.0 Å². The lowest BCUT2D eigenvalue weighted by Crippen LogP contribution is -2.06. The quantitative estimate of drug-likeness (QED) is 0.476. The van der Waals surface area contributed by atoms with E-state index in [0.29, 0.717) is 24.0 Å². The first-order valence-electron chi connectivity index (χ1n) is 8.98. The molecule has 7 heteroatoms. The average Bonchev–Trinajstić information content (AvgIpc) is 2.75. The van der Waals surface area contributed by atoms with Crippen LogP contribution < -0.4 is 10.6 Å². The van der Waals surface area contributed by atoms with Gasteiger partial charge in [-0.15, -0.1) is 0 Å². The van der Waals surface area contributed by atoms with Crippen molar-refractivity contribution >= 4 is 17.3 Å². The highest BCUT2D eigenvalue weighted by atomic mass is 19.1. The monoisotopic (exact) mass is 389 g/mol. The number of nitrogens with one attached hydrogen (secondary N) is 2. The molecule has 0 unspecified atom stereocenters. The highest BCUT2D eigenvalue weighted by Crippen LogP contribution is 2.24. The molecule has 0 bridgehead atoms. The summed E-state index contributed by atoms with van der Waals surface area (Å²) in [6, 6.07) is 20.1. The number of hydrogen-bond donors (Lipinski definition) is 2. The van der Waals surface area contributed by atoms with Gasteiger partial charge in [0.25, 0.3) is 0 Å². The maximum Gasteiger partial charge on any atom is 0.163 e. The van der Waals surface area contributed by atoms with E-state index in [4.69, 9.17) is 0 Å². The summed E-state index contributed by atoms with van der Waals surface area (Å²) in [4.78, 5) is 13.3. The fourth-order valence-electron chi connectivity index (χ4n) is 2.73. The minimum Gasteiger partial charge on any atom is -0.364 e. The van der Waals surface area contributed by atoms with Crippen molar-refractivity contribution in [1.82, 2.24) is 15.0 Å². The molecule has 0 atom stereocenters. The van der Waals surface area contributed by atoms with E-state index in [0.717, 1.165) is 17.3 Å². The Bertz CT molecular complexity index is 1100. The summed E-state index contributed by atoms with van der Waals surface area (Å²) in [5, 5.41) is 6.11. The summed E-state index contributed by atoms with van der Waals surface area (Å²) >= 11 is 0. The molecule has 2 N–H and O–H groups in total. The van der Waals surface area contributed by atoms with Gasteiger partial charge in [-0.2, -0.15) is 0 Å². The molecule has 0 aliphatic rings. The van der Waals surface area contributed by atoms with Crippen LogP contribution in [0.2, 0.25) is 0 Å². The average molecular weight is 389 g/mol. The van der Waals surface area contributed by atoms with Gasteiger partial charge < -0.3 is 10.6 Å². The van der Waals surface area contributed by atoms with Gasteiger partial charge >= 0.3 is 0 Å². The second kappa shape index (κ2) is 8.43. The molecule has 4 aromatic rings. The minimum atomic E-state index is -0.701. The molecule has 0 radical (unpaired) electrons. The van der Waals surface area contributed by atoms with Gasteiger partial charge in [-0.25, -0.2) is 18.7 Å². The van der Waals surface area contributed by atoms with Crippen molar-refractivity contribution < 1.29 is 8.78 Å². The number of halogens is 2. The molecule has 0 saturated carbocycles. The van der Waals surface area contributed by atoms with Crippen molar-refractivity contribution in [3.05, 3.63) is 96.3 Å². The molecule has 4 rings (SSSR count). The summed E-state index contributed by atoms with van der Waals surface area (Å²) in [7, 11) is 0. The van der Waals surface area contributed by atoms with Gasteiger partial charge in [-0.3, -0.25) is 4.98 Å². The van der Waals surface area contributed by atoms with E-state index in [1.54, 1.807) is 12.3 Å². The summed E-state index contributed by atoms with van der Waals surface area (Å²) < 4.78 is 27.2. The van der Waals surface area contributed by atoms with E-state index in [1.807, 2.05) is 48.5 Å². The first-order chi connectivity index (χ1) is 14.2. The van der Waals surface area contributed by atoms with E-state index in [9.17, 15) is 8.78 Å². The van der Waals surface area contributed by atoms with Gasteiger partial charge in [0.1, 0.15) is 23.3 Å². The smallest absolute Gasteiger partial charge is 0.163 e. The third-order valence-corrected chi connectivity index (χ3v) is 4.13. The number of nitrogens with zero attached hydrogens (tertiary/aromatic N) is 3. The molecule has 0 fully saturated rings. The maximum atomic E-state index is 14.1. The van der Waals surface area contributed by atoms with Gasteiger partial charge in [0, 0.05) is 23.9 Å². The molecular weight excluding hydrogens is 372 g/mol. The fraction of sp³-hybridized carbons (Fsp3) is 0.0455. The van der Waals surface area contributed by atoms with E-state index in [1.165, 1.54) is 12.1 Å². The number of rotatable bonds is 6. The first kappa shape index (κ1) is 18.5. The number of benzene rings is 2. The zero-order chi connectivity index (χ0) is 20.1. The lowest BCUT2D eigenvalue weighted by molar-refractivity contribution is 0.586. The van der Waals surface area contributed by atoms with Crippen LogP contribution in [0.3, 0.4) is 0 Å². The molecule has 2 aromatic carbocycles. The van der Waals surface area contributed by atoms with Gasteiger partial charge in [0.2, 0.25) is 0 Å². The Morgan fingerprint density at radius 2 is 1.59 bits per heavy atom. The van der Waals surface area contributed by atoms with Crippen LogP contribution in [0.5, 0.6) is 0 Å². The van der Waals surface area contributed by atoms with Crippen LogP contribution in [-0.2, 0) is 6.54 Å². The van der Waals surface area contributed by atoms with Crippen LogP contribution in [0.1, 0.15) is 5.69 Å². The zero-order valence-electron chi connectivity index (χ0n) is 15.3. The van der Waals surface area contributed by atoms with Crippen molar-refractivity contribution in [2.75, 3.05) is 10.6 Å². The molecule has 0 aliphatic heterocycles. The SMILES string of the molecule is Fc1ccc(Nc2cc(NCc3ccccn3)nc(-c3ccccc3)n2)c(F)c1. The highest BCUT2D eigenvalue weighted by molar-refractivity contribution is 5.65. The van der Waals surface area contributed by atoms with Gasteiger partial charge in [0.15, 0.2) is 5.82 Å². The second-order valence-corrected chi connectivity index (χ2v) is 6.25. The Balaban J connectivity index is 1.66. The number of hydrogen-bond acceptors (Lipinski definition) is 5. The molecule has 144 valence electrons. The fourth-order valence-corrected chi connectivity index (χ4v) is 2.73. The third-order valence-electron chi connectivity index (χ3n) is 4.13. The predicted molar refractivity (Wildman–Crippen MR) is 109 cm³/mol. The van der Waals surface area contributed by atoms with E-state index in [2.05, 4.69) is 25.6 Å². The van der Waals surface area contributed by atoms with Crippen molar-refractivity contribution in [3.63, 3.8) is 0 Å². The predicted octanol–water partition coefficient (Wildman–Crippen LogP) is 5.17. The summed E-state index contributed by atoms with van der Waals surface area (Å²) in [6.45, 7) is 0.469. The molecule has 5 nitrogen and oxygen atoms in total. The van der Waals surface area contributed by atoms with Crippen molar-refractivity contribution in [2.24, 2.45) is 0 Å². The standard InChI is InChI=1S/C22H17F2N5/c23-16-9-10-19(18(24)12-16)27-21-13-20(26-14-17-8-4-5-11-25-17)28-22(29-21)15-6-2-1-3-7-15/h1-13H,14H2,(H2,26,27,28,29). The van der Waals surface area contributed by atoms with E-state index in [-0.39, 0.29) is 5.69 Å². The zero-order valence-corrected chi connectivity index (χ0v) is 15.3. The Labute approximate surface area is 166 Å². The van der Waals surface area contributed by atoms with E-state index < -0.39 is 11.6 Å². The second-order valence-electron chi connectivity index (χ2n) is 6.25. The Morgan fingerprint density at radius 1 is 0.793 bits per heavy atom. The summed E-state index contributed by atoms with van der Waals surface area (Å²) in [6.07, 6.45) is 1.72. The molecule has 29 heavy (non-hydrogen) atoms. The number of anilines is 3. The topological polar surface area (TPSA) is 62.7 Å². The Morgan fingerprint density at radius 3 is 2.34 bits per heavy atom. The van der Waals surface area contributed by atoms with Crippen LogP contribution in [0.4, 0.5) is 26.1 Å². The molecule has 0 spiro atoms. The molecule has 0 amide bonds. The lowest BCUT2D eigenvalue weighted by atomic mass is 10.2. The molecule has 2 aromatic heterocycles. The van der Waals surface area contributed by atoms with Gasteiger partial charge in [-0.1, -0.05) is 36.4 Å². The minimum absolute atomic E-state index is 0.125. The van der Waals surface area contributed by atoms with Crippen LogP contribution in [0.15, 0.2) is 79.0 Å². The highest BCUT2D eigenvalue weighted by Gasteiger charge is 2.10. The van der Waals surface area contributed by atoms with Crippen molar-refractivity contribution in [2.45, 2.75) is 6.54 Å². The largest absolute Gasteiger partial charge is 0.364 e. The summed E-state index contributed by atoms with van der Waals surface area (Å²) in [5.41, 5.74) is 1.79. The van der Waals surface area contributed by atoms with Gasteiger partial charge in [-0.05, 0) is 24.3 Å². The normalized spacial score (nSPS) is 10.6. The van der Waals surface area contributed by atoms with Crippen LogP contribution in [0, 0.1) is 11.6 Å². The first-order valence-corrected chi connectivity index (χ1v) is 8.98. The lowest BCUT2D eigenvalue weighted by Gasteiger charge is -2.12. The number of aromatic nitrogens is 3. The Hall–Kier alpha value is -3.87. The summed E-state index contributed by atoms with van der Waals surface area (Å²) in [5.74, 6) is 0.0651. The number of pyridine rings is 1. The molecule has 0 saturated heterocycles. The van der Waals surface area contributed by atoms with Crippen LogP contribution >= 0.6 is 0 Å². The Kier molecular flexibility index (Phi) is 5.38. The van der Waals surface area contributed by atoms with Crippen molar-refractivity contribution in [3.8, 4) is 11.4 Å². The third kappa shape index (κ3) is 4.70. The van der Waals surface area contributed by atoms with Crippen molar-refractivity contribution in [1.29, 1.82) is 0 Å². The molecular formula is C22H17F2N5. The molecule has 2 heterocycles. The maximum absolute atomic E-state index is 14.1.